The highest BCUT2D eigenvalue weighted by Gasteiger charge is 2.08. The topological polar surface area (TPSA) is 64.7 Å². The number of hydrogen-bond acceptors (Lipinski definition) is 3. The fourth-order valence-corrected chi connectivity index (χ4v) is 2.40. The second-order valence-electron chi connectivity index (χ2n) is 5.57. The van der Waals surface area contributed by atoms with Gasteiger partial charge in [-0.25, -0.2) is 0 Å². The molecular weight excluding hydrogens is 290 g/mol. The number of carbonyl (C=O) groups excluding carboxylic acids is 1. The highest BCUT2D eigenvalue weighted by atomic mass is 16.2. The molecule has 3 rings (SSSR count). The Balaban J connectivity index is 1.61. The molecule has 0 saturated carbocycles. The van der Waals surface area contributed by atoms with E-state index in [1.54, 1.807) is 16.9 Å². The molecule has 0 saturated heterocycles. The van der Waals surface area contributed by atoms with Crippen LogP contribution >= 0.6 is 0 Å². The minimum atomic E-state index is -0.141. The van der Waals surface area contributed by atoms with Crippen molar-refractivity contribution in [3.05, 3.63) is 65.6 Å². The molecule has 0 unspecified atom stereocenters. The first-order valence-electron chi connectivity index (χ1n) is 7.47. The average Bonchev–Trinajstić information content (AvgIpc) is 3.09. The third kappa shape index (κ3) is 3.85. The lowest BCUT2D eigenvalue weighted by Crippen LogP contribution is -2.20. The van der Waals surface area contributed by atoms with Crippen LogP contribution in [0.4, 0.5) is 5.82 Å². The summed E-state index contributed by atoms with van der Waals surface area (Å²) in [5.41, 5.74) is 3.35. The van der Waals surface area contributed by atoms with Gasteiger partial charge in [-0.15, -0.1) is 0 Å². The second kappa shape index (κ2) is 6.48. The van der Waals surface area contributed by atoms with Crippen molar-refractivity contribution in [3.8, 4) is 0 Å². The zero-order valence-corrected chi connectivity index (χ0v) is 13.2. The van der Waals surface area contributed by atoms with E-state index in [1.165, 1.54) is 11.1 Å². The molecule has 3 aromatic rings. The van der Waals surface area contributed by atoms with Gasteiger partial charge in [0.25, 0.3) is 0 Å². The maximum absolute atomic E-state index is 12.0. The van der Waals surface area contributed by atoms with Gasteiger partial charge in [-0.2, -0.15) is 10.2 Å². The minimum Gasteiger partial charge on any atom is -0.308 e. The number of nitrogens with one attached hydrogen (secondary N) is 1. The fourth-order valence-electron chi connectivity index (χ4n) is 2.40. The predicted octanol–water partition coefficient (Wildman–Crippen LogP) is 2.38. The molecule has 6 nitrogen and oxygen atoms in total. The molecule has 0 aliphatic carbocycles. The molecule has 0 spiro atoms. The van der Waals surface area contributed by atoms with Crippen LogP contribution in [-0.4, -0.2) is 25.5 Å². The smallest absolute Gasteiger partial charge is 0.247 e. The van der Waals surface area contributed by atoms with Crippen LogP contribution in [0.2, 0.25) is 0 Å². The Bertz CT molecular complexity index is 818. The van der Waals surface area contributed by atoms with Crippen molar-refractivity contribution < 1.29 is 4.79 Å². The lowest BCUT2D eigenvalue weighted by molar-refractivity contribution is -0.117. The van der Waals surface area contributed by atoms with Crippen LogP contribution in [0.3, 0.4) is 0 Å². The first-order chi connectivity index (χ1) is 11.1. The van der Waals surface area contributed by atoms with Gasteiger partial charge in [0.2, 0.25) is 5.91 Å². The number of benzene rings is 1. The summed E-state index contributed by atoms with van der Waals surface area (Å²) >= 11 is 0. The molecule has 23 heavy (non-hydrogen) atoms. The van der Waals surface area contributed by atoms with E-state index in [9.17, 15) is 4.79 Å². The Hall–Kier alpha value is -2.89. The van der Waals surface area contributed by atoms with E-state index in [0.717, 1.165) is 5.69 Å². The van der Waals surface area contributed by atoms with Gasteiger partial charge in [0, 0.05) is 24.2 Å². The van der Waals surface area contributed by atoms with Crippen LogP contribution in [0.1, 0.15) is 16.8 Å². The summed E-state index contributed by atoms with van der Waals surface area (Å²) in [5.74, 6) is 0.407. The maximum Gasteiger partial charge on any atom is 0.247 e. The van der Waals surface area contributed by atoms with Gasteiger partial charge in [-0.05, 0) is 25.5 Å². The maximum atomic E-state index is 12.0. The lowest BCUT2D eigenvalue weighted by atomic mass is 10.1. The van der Waals surface area contributed by atoms with Crippen LogP contribution < -0.4 is 5.32 Å². The van der Waals surface area contributed by atoms with Gasteiger partial charge < -0.3 is 5.32 Å². The quantitative estimate of drug-likeness (QED) is 0.787. The lowest BCUT2D eigenvalue weighted by Gasteiger charge is -2.05. The highest BCUT2D eigenvalue weighted by Crippen LogP contribution is 2.08. The number of anilines is 1. The Labute approximate surface area is 134 Å². The van der Waals surface area contributed by atoms with Crippen molar-refractivity contribution in [3.63, 3.8) is 0 Å². The fraction of sp³-hybridized carbons (Fsp3) is 0.235. The zero-order chi connectivity index (χ0) is 16.2. The van der Waals surface area contributed by atoms with Crippen molar-refractivity contribution >= 4 is 11.7 Å². The van der Waals surface area contributed by atoms with Crippen molar-refractivity contribution in [2.75, 3.05) is 5.32 Å². The first kappa shape index (κ1) is 15.0. The number of nitrogens with zero attached hydrogens (tertiary/aromatic N) is 4. The third-order valence-corrected chi connectivity index (χ3v) is 3.56. The van der Waals surface area contributed by atoms with Crippen molar-refractivity contribution in [2.45, 2.75) is 26.9 Å². The summed E-state index contributed by atoms with van der Waals surface area (Å²) < 4.78 is 3.46. The summed E-state index contributed by atoms with van der Waals surface area (Å²) in [6, 6.07) is 11.9. The van der Waals surface area contributed by atoms with E-state index in [0.29, 0.717) is 12.4 Å². The standard InChI is InChI=1S/C17H19N5O/c1-13-4-3-5-15(10-13)11-21-9-7-16(20-21)19-17(23)12-22-14(2)6-8-18-22/h3-10H,11-12H2,1-2H3,(H,19,20,23). The van der Waals surface area contributed by atoms with Gasteiger partial charge in [-0.3, -0.25) is 14.2 Å². The Morgan fingerprint density at radius 2 is 2.09 bits per heavy atom. The molecule has 0 aliphatic rings. The predicted molar refractivity (Wildman–Crippen MR) is 88.1 cm³/mol. The van der Waals surface area contributed by atoms with Gasteiger partial charge in [-0.1, -0.05) is 29.8 Å². The van der Waals surface area contributed by atoms with Crippen molar-refractivity contribution in [2.24, 2.45) is 0 Å². The normalized spacial score (nSPS) is 10.7. The molecule has 0 fully saturated rings. The van der Waals surface area contributed by atoms with Crippen molar-refractivity contribution in [1.82, 2.24) is 19.6 Å². The summed E-state index contributed by atoms with van der Waals surface area (Å²) in [7, 11) is 0. The van der Waals surface area contributed by atoms with Gasteiger partial charge in [0.05, 0.1) is 6.54 Å². The van der Waals surface area contributed by atoms with Crippen LogP contribution in [0.15, 0.2) is 48.8 Å². The van der Waals surface area contributed by atoms with E-state index in [2.05, 4.69) is 40.6 Å². The summed E-state index contributed by atoms with van der Waals surface area (Å²) in [6.07, 6.45) is 3.54. The largest absolute Gasteiger partial charge is 0.308 e. The number of rotatable bonds is 5. The minimum absolute atomic E-state index is 0.141. The van der Waals surface area contributed by atoms with Crippen LogP contribution in [-0.2, 0) is 17.9 Å². The molecule has 0 radical (unpaired) electrons. The molecule has 118 valence electrons. The Morgan fingerprint density at radius 1 is 1.22 bits per heavy atom. The number of aryl methyl sites for hydroxylation is 2. The Kier molecular flexibility index (Phi) is 4.23. The number of amides is 1. The second-order valence-corrected chi connectivity index (χ2v) is 5.57. The van der Waals surface area contributed by atoms with E-state index >= 15 is 0 Å². The summed E-state index contributed by atoms with van der Waals surface area (Å²) in [5, 5.41) is 11.3. The number of aromatic nitrogens is 4. The molecule has 1 N–H and O–H groups in total. The van der Waals surface area contributed by atoms with Gasteiger partial charge in [0.15, 0.2) is 5.82 Å². The molecule has 1 aromatic carbocycles. The highest BCUT2D eigenvalue weighted by molar-refractivity contribution is 5.89. The SMILES string of the molecule is Cc1cccc(Cn2ccc(NC(=O)Cn3nccc3C)n2)c1. The molecule has 1 amide bonds. The van der Waals surface area contributed by atoms with Gasteiger partial charge >= 0.3 is 0 Å². The molecule has 0 atom stereocenters. The third-order valence-electron chi connectivity index (χ3n) is 3.56. The summed E-state index contributed by atoms with van der Waals surface area (Å²) in [4.78, 5) is 12.0. The molecule has 2 heterocycles. The van der Waals surface area contributed by atoms with Crippen LogP contribution in [0, 0.1) is 13.8 Å². The molecule has 0 bridgehead atoms. The molecular formula is C17H19N5O. The van der Waals surface area contributed by atoms with Crippen molar-refractivity contribution in [1.29, 1.82) is 0 Å². The Morgan fingerprint density at radius 3 is 2.83 bits per heavy atom. The van der Waals surface area contributed by atoms with Crippen LogP contribution in [0.5, 0.6) is 0 Å². The van der Waals surface area contributed by atoms with E-state index in [-0.39, 0.29) is 12.5 Å². The average molecular weight is 309 g/mol. The molecule has 6 heteroatoms. The van der Waals surface area contributed by atoms with Gasteiger partial charge in [0.1, 0.15) is 6.54 Å². The monoisotopic (exact) mass is 309 g/mol. The van der Waals surface area contributed by atoms with E-state index in [4.69, 9.17) is 0 Å². The van der Waals surface area contributed by atoms with Crippen LogP contribution in [0.25, 0.3) is 0 Å². The van der Waals surface area contributed by atoms with E-state index < -0.39 is 0 Å². The summed E-state index contributed by atoms with van der Waals surface area (Å²) in [6.45, 7) is 4.84. The first-order valence-corrected chi connectivity index (χ1v) is 7.47. The molecule has 2 aromatic heterocycles. The number of carbonyl (C=O) groups is 1. The number of hydrogen-bond donors (Lipinski definition) is 1. The zero-order valence-electron chi connectivity index (χ0n) is 13.2. The van der Waals surface area contributed by atoms with E-state index in [1.807, 2.05) is 29.9 Å². The molecule has 0 aliphatic heterocycles.